The zero-order valence-corrected chi connectivity index (χ0v) is 12.7. The molecule has 0 fully saturated rings. The quantitative estimate of drug-likeness (QED) is 0.720. The zero-order chi connectivity index (χ0) is 14.4. The molecule has 1 aromatic heterocycles. The van der Waals surface area contributed by atoms with E-state index in [4.69, 9.17) is 10.3 Å². The maximum Gasteiger partial charge on any atom is 0.260 e. The van der Waals surface area contributed by atoms with Gasteiger partial charge in [-0.15, -0.1) is 0 Å². The van der Waals surface area contributed by atoms with Crippen molar-refractivity contribution in [2.24, 2.45) is 0 Å². The van der Waals surface area contributed by atoms with Crippen LogP contribution >= 0.6 is 15.9 Å². The highest BCUT2D eigenvalue weighted by Crippen LogP contribution is 2.39. The first kappa shape index (κ1) is 12.6. The minimum absolute atomic E-state index is 0.229. The predicted octanol–water partition coefficient (Wildman–Crippen LogP) is 3.77. The van der Waals surface area contributed by atoms with Gasteiger partial charge in [-0.05, 0) is 35.7 Å². The SMILES string of the molecule is Nc1ccc(Br)cc1-c1nc(C2Cc3ccccc32)no1. The highest BCUT2D eigenvalue weighted by molar-refractivity contribution is 9.10. The van der Waals surface area contributed by atoms with E-state index in [1.54, 1.807) is 0 Å². The molecule has 4 nitrogen and oxygen atoms in total. The summed E-state index contributed by atoms with van der Waals surface area (Å²) in [4.78, 5) is 4.52. The van der Waals surface area contributed by atoms with E-state index in [0.717, 1.165) is 22.3 Å². The monoisotopic (exact) mass is 341 g/mol. The second kappa shape index (κ2) is 4.70. The second-order valence-corrected chi connectivity index (χ2v) is 6.06. The molecule has 1 heterocycles. The van der Waals surface area contributed by atoms with E-state index < -0.39 is 0 Å². The van der Waals surface area contributed by atoms with Crippen LogP contribution in [-0.4, -0.2) is 10.1 Å². The molecule has 0 amide bonds. The van der Waals surface area contributed by atoms with E-state index in [2.05, 4.69) is 44.3 Å². The van der Waals surface area contributed by atoms with Gasteiger partial charge in [0.1, 0.15) is 0 Å². The minimum atomic E-state index is 0.229. The number of hydrogen-bond acceptors (Lipinski definition) is 4. The fourth-order valence-corrected chi connectivity index (χ4v) is 3.05. The number of rotatable bonds is 2. The van der Waals surface area contributed by atoms with Crippen LogP contribution in [0.1, 0.15) is 22.9 Å². The first-order valence-electron chi connectivity index (χ1n) is 6.69. The number of fused-ring (bicyclic) bond motifs is 1. The lowest BCUT2D eigenvalue weighted by atomic mass is 9.77. The summed E-state index contributed by atoms with van der Waals surface area (Å²) in [6.45, 7) is 0. The van der Waals surface area contributed by atoms with Crippen molar-refractivity contribution in [3.63, 3.8) is 0 Å². The maximum atomic E-state index is 5.98. The van der Waals surface area contributed by atoms with E-state index in [9.17, 15) is 0 Å². The highest BCUT2D eigenvalue weighted by Gasteiger charge is 2.31. The molecule has 4 rings (SSSR count). The lowest BCUT2D eigenvalue weighted by Crippen LogP contribution is -2.19. The number of nitrogens with two attached hydrogens (primary N) is 1. The third-order valence-corrected chi connectivity index (χ3v) is 4.35. The Balaban J connectivity index is 1.70. The van der Waals surface area contributed by atoms with Crippen LogP contribution in [0.3, 0.4) is 0 Å². The average molecular weight is 342 g/mol. The summed E-state index contributed by atoms with van der Waals surface area (Å²) >= 11 is 3.43. The van der Waals surface area contributed by atoms with Crippen LogP contribution in [-0.2, 0) is 6.42 Å². The van der Waals surface area contributed by atoms with Gasteiger partial charge in [0.05, 0.1) is 11.5 Å². The number of nitrogen functional groups attached to an aromatic ring is 1. The van der Waals surface area contributed by atoms with Crippen molar-refractivity contribution in [1.29, 1.82) is 0 Å². The number of anilines is 1. The summed E-state index contributed by atoms with van der Waals surface area (Å²) in [5.74, 6) is 1.42. The van der Waals surface area contributed by atoms with Gasteiger partial charge in [0.25, 0.3) is 5.89 Å². The predicted molar refractivity (Wildman–Crippen MR) is 83.8 cm³/mol. The smallest absolute Gasteiger partial charge is 0.260 e. The van der Waals surface area contributed by atoms with Crippen molar-refractivity contribution in [3.05, 3.63) is 63.9 Å². The standard InChI is InChI=1S/C16H12BrN3O/c17-10-5-6-14(18)13(8-10)16-19-15(20-21-16)12-7-9-3-1-2-4-11(9)12/h1-6,8,12H,7,18H2. The summed E-state index contributed by atoms with van der Waals surface area (Å²) in [7, 11) is 0. The summed E-state index contributed by atoms with van der Waals surface area (Å²) in [6, 6.07) is 13.9. The van der Waals surface area contributed by atoms with Gasteiger partial charge in [-0.3, -0.25) is 0 Å². The molecular weight excluding hydrogens is 330 g/mol. The van der Waals surface area contributed by atoms with Crippen molar-refractivity contribution < 1.29 is 4.52 Å². The van der Waals surface area contributed by atoms with Crippen molar-refractivity contribution in [2.45, 2.75) is 12.3 Å². The van der Waals surface area contributed by atoms with Crippen LogP contribution in [0.4, 0.5) is 5.69 Å². The van der Waals surface area contributed by atoms with Gasteiger partial charge >= 0.3 is 0 Å². The number of aromatic nitrogens is 2. The molecular formula is C16H12BrN3O. The lowest BCUT2D eigenvalue weighted by molar-refractivity contribution is 0.416. The van der Waals surface area contributed by atoms with Gasteiger partial charge in [0.2, 0.25) is 0 Å². The van der Waals surface area contributed by atoms with Crippen molar-refractivity contribution in [3.8, 4) is 11.5 Å². The summed E-state index contributed by atoms with van der Waals surface area (Å²) in [6.07, 6.45) is 0.961. The lowest BCUT2D eigenvalue weighted by Gasteiger charge is -2.27. The molecule has 5 heteroatoms. The van der Waals surface area contributed by atoms with Gasteiger partial charge < -0.3 is 10.3 Å². The van der Waals surface area contributed by atoms with Gasteiger partial charge in [-0.1, -0.05) is 45.4 Å². The topological polar surface area (TPSA) is 64.9 Å². The minimum Gasteiger partial charge on any atom is -0.398 e. The van der Waals surface area contributed by atoms with Crippen LogP contribution in [0, 0.1) is 0 Å². The van der Waals surface area contributed by atoms with Crippen molar-refractivity contribution >= 4 is 21.6 Å². The van der Waals surface area contributed by atoms with E-state index >= 15 is 0 Å². The van der Waals surface area contributed by atoms with Crippen LogP contribution in [0.25, 0.3) is 11.5 Å². The van der Waals surface area contributed by atoms with Crippen LogP contribution in [0.15, 0.2) is 51.5 Å². The fraction of sp³-hybridized carbons (Fsp3) is 0.125. The largest absolute Gasteiger partial charge is 0.398 e. The van der Waals surface area contributed by atoms with E-state index in [1.807, 2.05) is 24.3 Å². The molecule has 0 saturated carbocycles. The summed E-state index contributed by atoms with van der Waals surface area (Å²) in [5, 5.41) is 4.13. The van der Waals surface area contributed by atoms with Gasteiger partial charge in [0, 0.05) is 10.2 Å². The molecule has 0 saturated heterocycles. The van der Waals surface area contributed by atoms with Crippen LogP contribution in [0.2, 0.25) is 0 Å². The molecule has 0 radical (unpaired) electrons. The molecule has 21 heavy (non-hydrogen) atoms. The van der Waals surface area contributed by atoms with E-state index in [1.165, 1.54) is 11.1 Å². The first-order valence-corrected chi connectivity index (χ1v) is 7.48. The molecule has 2 N–H and O–H groups in total. The zero-order valence-electron chi connectivity index (χ0n) is 11.1. The van der Waals surface area contributed by atoms with Gasteiger partial charge in [-0.2, -0.15) is 4.98 Å². The Morgan fingerprint density at radius 2 is 2.05 bits per heavy atom. The molecule has 2 aromatic carbocycles. The number of benzene rings is 2. The summed E-state index contributed by atoms with van der Waals surface area (Å²) < 4.78 is 6.33. The molecule has 1 unspecified atom stereocenters. The number of hydrogen-bond donors (Lipinski definition) is 1. The first-order chi connectivity index (χ1) is 10.2. The van der Waals surface area contributed by atoms with E-state index in [-0.39, 0.29) is 5.92 Å². The maximum absolute atomic E-state index is 5.98. The average Bonchev–Trinajstić information content (AvgIpc) is 2.92. The molecule has 0 bridgehead atoms. The van der Waals surface area contributed by atoms with Gasteiger partial charge in [-0.25, -0.2) is 0 Å². The molecule has 1 aliphatic carbocycles. The van der Waals surface area contributed by atoms with Crippen LogP contribution < -0.4 is 5.73 Å². The number of nitrogens with zero attached hydrogens (tertiary/aromatic N) is 2. The highest BCUT2D eigenvalue weighted by atomic mass is 79.9. The van der Waals surface area contributed by atoms with Crippen molar-refractivity contribution in [2.75, 3.05) is 5.73 Å². The third-order valence-electron chi connectivity index (χ3n) is 3.85. The Kier molecular flexibility index (Phi) is 2.82. The molecule has 3 aromatic rings. The Bertz CT molecular complexity index is 828. The molecule has 0 aliphatic heterocycles. The van der Waals surface area contributed by atoms with Crippen LogP contribution in [0.5, 0.6) is 0 Å². The molecule has 1 aliphatic rings. The summed E-state index contributed by atoms with van der Waals surface area (Å²) in [5.41, 5.74) is 10.0. The molecule has 1 atom stereocenters. The van der Waals surface area contributed by atoms with E-state index in [0.29, 0.717) is 11.6 Å². The Morgan fingerprint density at radius 1 is 1.19 bits per heavy atom. The normalized spacial score (nSPS) is 16.3. The van der Waals surface area contributed by atoms with Crippen molar-refractivity contribution in [1.82, 2.24) is 10.1 Å². The fourth-order valence-electron chi connectivity index (χ4n) is 2.69. The second-order valence-electron chi connectivity index (χ2n) is 5.14. The Labute approximate surface area is 130 Å². The Morgan fingerprint density at radius 3 is 2.90 bits per heavy atom. The Hall–Kier alpha value is -2.14. The molecule has 104 valence electrons. The molecule has 0 spiro atoms. The third kappa shape index (κ3) is 2.05. The van der Waals surface area contributed by atoms with Gasteiger partial charge in [0.15, 0.2) is 5.82 Å². The number of halogens is 1.